The monoisotopic (exact) mass is 252 g/mol. The summed E-state index contributed by atoms with van der Waals surface area (Å²) >= 11 is 0. The lowest BCUT2D eigenvalue weighted by molar-refractivity contribution is -0.170. The molecule has 0 radical (unpaired) electrons. The third kappa shape index (κ3) is 1.08. The fourth-order valence-electron chi connectivity index (χ4n) is 4.47. The average Bonchev–Trinajstić information content (AvgIpc) is 2.93. The molecule has 3 fully saturated rings. The van der Waals surface area contributed by atoms with E-state index >= 15 is 0 Å². The molecule has 2 heterocycles. The zero-order valence-electron chi connectivity index (χ0n) is 11.2. The Morgan fingerprint density at radius 1 is 1.17 bits per heavy atom. The highest BCUT2D eigenvalue weighted by Crippen LogP contribution is 2.63. The fraction of sp³-hybridized carbons (Fsp3) is 0.857. The summed E-state index contributed by atoms with van der Waals surface area (Å²) in [5.74, 6) is -0.404. The molecule has 0 aromatic heterocycles. The molecule has 5 atom stereocenters. The van der Waals surface area contributed by atoms with Crippen LogP contribution < -0.4 is 0 Å². The van der Waals surface area contributed by atoms with E-state index in [1.54, 1.807) is 0 Å². The van der Waals surface area contributed by atoms with E-state index in [0.29, 0.717) is 12.3 Å². The first kappa shape index (κ1) is 12.0. The van der Waals surface area contributed by atoms with Crippen molar-refractivity contribution >= 4 is 11.9 Å². The second-order valence-electron chi connectivity index (χ2n) is 5.85. The maximum absolute atomic E-state index is 12.2. The van der Waals surface area contributed by atoms with Crippen LogP contribution in [-0.4, -0.2) is 23.1 Å². The summed E-state index contributed by atoms with van der Waals surface area (Å²) < 4.78 is 11.2. The van der Waals surface area contributed by atoms with Crippen molar-refractivity contribution in [3.05, 3.63) is 0 Å². The minimum absolute atomic E-state index is 0.0649. The van der Waals surface area contributed by atoms with Gasteiger partial charge in [-0.2, -0.15) is 0 Å². The maximum atomic E-state index is 12.2. The lowest BCUT2D eigenvalue weighted by atomic mass is 9.75. The number of carbonyl (C=O) groups excluding carboxylic acids is 2. The largest absolute Gasteiger partial charge is 0.456 e. The minimum atomic E-state index is -0.984. The molecule has 0 spiro atoms. The third-order valence-corrected chi connectivity index (χ3v) is 5.39. The molecule has 100 valence electrons. The molecule has 1 aliphatic carbocycles. The number of hydrogen-bond acceptors (Lipinski definition) is 4. The lowest BCUT2D eigenvalue weighted by Crippen LogP contribution is -2.42. The Hall–Kier alpha value is -1.06. The third-order valence-electron chi connectivity index (χ3n) is 5.39. The molecule has 4 nitrogen and oxygen atoms in total. The van der Waals surface area contributed by atoms with E-state index in [1.165, 1.54) is 0 Å². The molecule has 0 aromatic rings. The van der Waals surface area contributed by atoms with Crippen LogP contribution in [0.1, 0.15) is 46.5 Å². The van der Waals surface area contributed by atoms with Crippen molar-refractivity contribution in [3.63, 3.8) is 0 Å². The molecule has 0 N–H and O–H groups in total. The molecule has 0 amide bonds. The quantitative estimate of drug-likeness (QED) is 0.721. The van der Waals surface area contributed by atoms with Crippen LogP contribution in [-0.2, 0) is 19.1 Å². The van der Waals surface area contributed by atoms with Gasteiger partial charge in [-0.25, -0.2) is 4.79 Å². The zero-order valence-corrected chi connectivity index (χ0v) is 11.2. The van der Waals surface area contributed by atoms with Crippen molar-refractivity contribution in [2.45, 2.75) is 57.7 Å². The molecule has 2 aliphatic heterocycles. The molecule has 0 bridgehead atoms. The van der Waals surface area contributed by atoms with Gasteiger partial charge in [0.05, 0.1) is 11.8 Å². The summed E-state index contributed by atoms with van der Waals surface area (Å²) in [6.07, 6.45) is 3.05. The van der Waals surface area contributed by atoms with E-state index in [2.05, 4.69) is 6.92 Å². The highest BCUT2D eigenvalue weighted by molar-refractivity contribution is 5.92. The second-order valence-corrected chi connectivity index (χ2v) is 5.85. The summed E-state index contributed by atoms with van der Waals surface area (Å²) in [6.45, 7) is 6.04. The van der Waals surface area contributed by atoms with Gasteiger partial charge in [-0.05, 0) is 25.2 Å². The lowest BCUT2D eigenvalue weighted by Gasteiger charge is -2.27. The fourth-order valence-corrected chi connectivity index (χ4v) is 4.47. The van der Waals surface area contributed by atoms with Crippen LogP contribution in [0.3, 0.4) is 0 Å². The topological polar surface area (TPSA) is 52.6 Å². The molecule has 2 saturated heterocycles. The van der Waals surface area contributed by atoms with Crippen molar-refractivity contribution in [3.8, 4) is 0 Å². The molecule has 18 heavy (non-hydrogen) atoms. The number of esters is 2. The first-order valence-electron chi connectivity index (χ1n) is 7.01. The zero-order chi connectivity index (χ0) is 13.1. The number of ether oxygens (including phenoxy) is 2. The molecule has 4 heteroatoms. The van der Waals surface area contributed by atoms with Gasteiger partial charge >= 0.3 is 11.9 Å². The first-order chi connectivity index (χ1) is 8.54. The van der Waals surface area contributed by atoms with Crippen molar-refractivity contribution < 1.29 is 19.1 Å². The molecule has 0 unspecified atom stereocenters. The van der Waals surface area contributed by atoms with Crippen LogP contribution in [0.25, 0.3) is 0 Å². The van der Waals surface area contributed by atoms with E-state index in [0.717, 1.165) is 19.3 Å². The Labute approximate surface area is 107 Å². The van der Waals surface area contributed by atoms with Crippen LogP contribution >= 0.6 is 0 Å². The average molecular weight is 252 g/mol. The van der Waals surface area contributed by atoms with Gasteiger partial charge in [0, 0.05) is 0 Å². The number of rotatable bonds is 3. The van der Waals surface area contributed by atoms with Gasteiger partial charge in [-0.15, -0.1) is 0 Å². The molecule has 0 aromatic carbocycles. The Balaban J connectivity index is 2.12. The standard InChI is InChI=1S/C14H20O4/c1-4-8-7-13(5-2)10-9(8)11(15)17-14(10,6-3)12(16)18-13/h8-10H,4-7H2,1-3H3/t8-,9+,10+,13-,14+/m1/s1. The van der Waals surface area contributed by atoms with Crippen LogP contribution in [0.4, 0.5) is 0 Å². The van der Waals surface area contributed by atoms with Crippen molar-refractivity contribution in [2.24, 2.45) is 17.8 Å². The Kier molecular flexibility index (Phi) is 2.32. The molecular formula is C14H20O4. The highest BCUT2D eigenvalue weighted by atomic mass is 16.6. The van der Waals surface area contributed by atoms with E-state index in [1.807, 2.05) is 13.8 Å². The normalized spacial score (nSPS) is 49.2. The van der Waals surface area contributed by atoms with Crippen molar-refractivity contribution in [1.29, 1.82) is 0 Å². The van der Waals surface area contributed by atoms with Gasteiger partial charge < -0.3 is 9.47 Å². The minimum Gasteiger partial charge on any atom is -0.456 e. The number of hydrogen-bond donors (Lipinski definition) is 0. The van der Waals surface area contributed by atoms with Crippen LogP contribution in [0.5, 0.6) is 0 Å². The Morgan fingerprint density at radius 3 is 2.44 bits per heavy atom. The summed E-state index contributed by atoms with van der Waals surface area (Å²) in [5.41, 5.74) is -1.44. The van der Waals surface area contributed by atoms with Crippen molar-refractivity contribution in [2.75, 3.05) is 0 Å². The van der Waals surface area contributed by atoms with E-state index in [-0.39, 0.29) is 23.8 Å². The predicted molar refractivity (Wildman–Crippen MR) is 63.6 cm³/mol. The number of carbonyl (C=O) groups is 2. The van der Waals surface area contributed by atoms with Gasteiger partial charge in [-0.3, -0.25) is 4.79 Å². The second kappa shape index (κ2) is 3.49. The van der Waals surface area contributed by atoms with E-state index < -0.39 is 11.2 Å². The summed E-state index contributed by atoms with van der Waals surface area (Å²) in [4.78, 5) is 24.4. The van der Waals surface area contributed by atoms with Crippen LogP contribution in [0, 0.1) is 17.8 Å². The molecule has 3 rings (SSSR count). The highest BCUT2D eigenvalue weighted by Gasteiger charge is 2.77. The van der Waals surface area contributed by atoms with Gasteiger partial charge in [0.25, 0.3) is 0 Å². The summed E-state index contributed by atoms with van der Waals surface area (Å²) in [5, 5.41) is 0. The summed E-state index contributed by atoms with van der Waals surface area (Å²) in [7, 11) is 0. The maximum Gasteiger partial charge on any atom is 0.351 e. The van der Waals surface area contributed by atoms with Gasteiger partial charge in [0.1, 0.15) is 5.60 Å². The predicted octanol–water partition coefficient (Wildman–Crippen LogP) is 2.06. The molecule has 1 saturated carbocycles. The van der Waals surface area contributed by atoms with E-state index in [4.69, 9.17) is 9.47 Å². The van der Waals surface area contributed by atoms with E-state index in [9.17, 15) is 9.59 Å². The van der Waals surface area contributed by atoms with Crippen LogP contribution in [0.2, 0.25) is 0 Å². The Morgan fingerprint density at radius 2 is 1.89 bits per heavy atom. The summed E-state index contributed by atoms with van der Waals surface area (Å²) in [6, 6.07) is 0. The SMILES string of the molecule is CC[C@@H]1C[C@@]2(CC)OC(=O)[C@@]3(CC)OC(=O)[C@@H]1[C@@H]23. The Bertz CT molecular complexity index is 418. The van der Waals surface area contributed by atoms with Gasteiger partial charge in [0.2, 0.25) is 5.60 Å². The first-order valence-corrected chi connectivity index (χ1v) is 7.01. The van der Waals surface area contributed by atoms with Crippen LogP contribution in [0.15, 0.2) is 0 Å². The smallest absolute Gasteiger partial charge is 0.351 e. The van der Waals surface area contributed by atoms with Gasteiger partial charge in [-0.1, -0.05) is 27.2 Å². The van der Waals surface area contributed by atoms with Gasteiger partial charge in [0.15, 0.2) is 0 Å². The molecule has 3 aliphatic rings. The van der Waals surface area contributed by atoms with Crippen molar-refractivity contribution in [1.82, 2.24) is 0 Å². The molecular weight excluding hydrogens is 232 g/mol.